The van der Waals surface area contributed by atoms with E-state index < -0.39 is 0 Å². The highest BCUT2D eigenvalue weighted by Gasteiger charge is 2.05. The van der Waals surface area contributed by atoms with Crippen molar-refractivity contribution in [2.75, 3.05) is 10.6 Å². The van der Waals surface area contributed by atoms with Gasteiger partial charge in [-0.2, -0.15) is 0 Å². The fraction of sp³-hybridized carbons (Fsp3) is 0.188. The Labute approximate surface area is 124 Å². The fourth-order valence-electron chi connectivity index (χ4n) is 1.93. The van der Waals surface area contributed by atoms with Gasteiger partial charge in [-0.15, -0.1) is 0 Å². The molecule has 0 aliphatic heterocycles. The predicted molar refractivity (Wildman–Crippen MR) is 86.9 cm³/mol. The largest absolute Gasteiger partial charge is 0.332 e. The summed E-state index contributed by atoms with van der Waals surface area (Å²) in [5.74, 6) is -0.249. The first-order chi connectivity index (χ1) is 9.47. The number of hydrogen-bond acceptors (Lipinski definition) is 1. The smallest absolute Gasteiger partial charge is 0.175 e. The minimum atomic E-state index is -0.249. The van der Waals surface area contributed by atoms with Crippen molar-refractivity contribution >= 4 is 28.7 Å². The molecule has 0 spiro atoms. The van der Waals surface area contributed by atoms with Crippen molar-refractivity contribution in [2.45, 2.75) is 20.8 Å². The Balaban J connectivity index is 2.11. The first-order valence-electron chi connectivity index (χ1n) is 6.38. The normalized spacial score (nSPS) is 10.2. The van der Waals surface area contributed by atoms with Gasteiger partial charge in [0.25, 0.3) is 0 Å². The molecule has 2 aromatic rings. The number of anilines is 2. The molecule has 0 atom stereocenters. The second-order valence-corrected chi connectivity index (χ2v) is 5.19. The zero-order chi connectivity index (χ0) is 14.7. The van der Waals surface area contributed by atoms with Crippen molar-refractivity contribution in [1.82, 2.24) is 0 Å². The first-order valence-corrected chi connectivity index (χ1v) is 6.78. The van der Waals surface area contributed by atoms with Crippen LogP contribution in [0.25, 0.3) is 0 Å². The van der Waals surface area contributed by atoms with E-state index in [1.165, 1.54) is 17.7 Å². The fourth-order valence-corrected chi connectivity index (χ4v) is 2.15. The third kappa shape index (κ3) is 3.33. The van der Waals surface area contributed by atoms with Gasteiger partial charge in [-0.05, 0) is 73.9 Å². The molecular weight excluding hydrogens is 271 g/mol. The second kappa shape index (κ2) is 6.01. The summed E-state index contributed by atoms with van der Waals surface area (Å²) in [7, 11) is 0. The van der Waals surface area contributed by atoms with Crippen LogP contribution in [0.5, 0.6) is 0 Å². The maximum absolute atomic E-state index is 13.1. The van der Waals surface area contributed by atoms with E-state index in [2.05, 4.69) is 23.6 Å². The van der Waals surface area contributed by atoms with Gasteiger partial charge < -0.3 is 10.6 Å². The van der Waals surface area contributed by atoms with E-state index in [1.807, 2.05) is 26.0 Å². The molecule has 0 heterocycles. The summed E-state index contributed by atoms with van der Waals surface area (Å²) in [5, 5.41) is 6.75. The third-order valence-electron chi connectivity index (χ3n) is 3.29. The van der Waals surface area contributed by atoms with E-state index in [1.54, 1.807) is 6.07 Å². The van der Waals surface area contributed by atoms with Crippen LogP contribution in [0.1, 0.15) is 16.7 Å². The summed E-state index contributed by atoms with van der Waals surface area (Å²) >= 11 is 5.30. The lowest BCUT2D eigenvalue weighted by Crippen LogP contribution is -2.20. The van der Waals surface area contributed by atoms with Gasteiger partial charge in [-0.25, -0.2) is 4.39 Å². The van der Waals surface area contributed by atoms with Crippen molar-refractivity contribution in [3.05, 3.63) is 58.9 Å². The molecule has 0 aromatic heterocycles. The summed E-state index contributed by atoms with van der Waals surface area (Å²) in [4.78, 5) is 0. The quantitative estimate of drug-likeness (QED) is 0.792. The van der Waals surface area contributed by atoms with E-state index in [-0.39, 0.29) is 5.82 Å². The number of aryl methyl sites for hydroxylation is 2. The zero-order valence-electron chi connectivity index (χ0n) is 11.8. The maximum Gasteiger partial charge on any atom is 0.175 e. The van der Waals surface area contributed by atoms with E-state index in [9.17, 15) is 4.39 Å². The summed E-state index contributed by atoms with van der Waals surface area (Å²) < 4.78 is 13.1. The maximum atomic E-state index is 13.1. The minimum absolute atomic E-state index is 0.249. The molecule has 0 saturated carbocycles. The number of benzene rings is 2. The molecule has 0 saturated heterocycles. The van der Waals surface area contributed by atoms with Crippen LogP contribution in [-0.2, 0) is 0 Å². The topological polar surface area (TPSA) is 24.1 Å². The van der Waals surface area contributed by atoms with Crippen LogP contribution in [0.3, 0.4) is 0 Å². The van der Waals surface area contributed by atoms with Crippen LogP contribution in [0.15, 0.2) is 36.4 Å². The molecule has 0 aliphatic carbocycles. The Morgan fingerprint density at radius 3 is 2.35 bits per heavy atom. The van der Waals surface area contributed by atoms with Gasteiger partial charge in [0.1, 0.15) is 5.82 Å². The van der Waals surface area contributed by atoms with Gasteiger partial charge in [-0.3, -0.25) is 0 Å². The van der Waals surface area contributed by atoms with Gasteiger partial charge in [0.15, 0.2) is 5.11 Å². The summed E-state index contributed by atoms with van der Waals surface area (Å²) in [6, 6.07) is 10.6. The third-order valence-corrected chi connectivity index (χ3v) is 3.49. The Hall–Kier alpha value is -1.94. The second-order valence-electron chi connectivity index (χ2n) is 4.79. The van der Waals surface area contributed by atoms with Gasteiger partial charge >= 0.3 is 0 Å². The lowest BCUT2D eigenvalue weighted by molar-refractivity contribution is 0.627. The number of halogens is 1. The van der Waals surface area contributed by atoms with Crippen molar-refractivity contribution in [3.8, 4) is 0 Å². The van der Waals surface area contributed by atoms with Gasteiger partial charge in [0.2, 0.25) is 0 Å². The monoisotopic (exact) mass is 288 g/mol. The van der Waals surface area contributed by atoms with E-state index in [4.69, 9.17) is 12.2 Å². The van der Waals surface area contributed by atoms with Crippen LogP contribution < -0.4 is 10.6 Å². The minimum Gasteiger partial charge on any atom is -0.332 e. The molecule has 20 heavy (non-hydrogen) atoms. The van der Waals surface area contributed by atoms with Crippen LogP contribution in [0.2, 0.25) is 0 Å². The number of rotatable bonds is 2. The van der Waals surface area contributed by atoms with Crippen molar-refractivity contribution in [2.24, 2.45) is 0 Å². The Morgan fingerprint density at radius 2 is 1.65 bits per heavy atom. The molecule has 2 nitrogen and oxygen atoms in total. The van der Waals surface area contributed by atoms with Crippen molar-refractivity contribution in [1.29, 1.82) is 0 Å². The van der Waals surface area contributed by atoms with Gasteiger partial charge in [-0.1, -0.05) is 12.1 Å². The van der Waals surface area contributed by atoms with Crippen LogP contribution in [-0.4, -0.2) is 5.11 Å². The molecule has 0 fully saturated rings. The zero-order valence-corrected chi connectivity index (χ0v) is 12.6. The van der Waals surface area contributed by atoms with Crippen molar-refractivity contribution in [3.63, 3.8) is 0 Å². The molecule has 0 aliphatic rings. The highest BCUT2D eigenvalue weighted by atomic mass is 32.1. The van der Waals surface area contributed by atoms with E-state index in [0.29, 0.717) is 5.11 Å². The Bertz CT molecular complexity index is 653. The highest BCUT2D eigenvalue weighted by Crippen LogP contribution is 2.19. The van der Waals surface area contributed by atoms with E-state index in [0.717, 1.165) is 22.5 Å². The average molecular weight is 288 g/mol. The number of nitrogens with one attached hydrogen (secondary N) is 2. The summed E-state index contributed by atoms with van der Waals surface area (Å²) in [5.41, 5.74) is 4.95. The van der Waals surface area contributed by atoms with Crippen molar-refractivity contribution < 1.29 is 4.39 Å². The lowest BCUT2D eigenvalue weighted by Gasteiger charge is -2.15. The highest BCUT2D eigenvalue weighted by molar-refractivity contribution is 7.80. The van der Waals surface area contributed by atoms with Crippen LogP contribution in [0, 0.1) is 26.6 Å². The molecule has 2 aromatic carbocycles. The molecule has 2 rings (SSSR count). The molecule has 0 bridgehead atoms. The molecule has 0 radical (unpaired) electrons. The predicted octanol–water partition coefficient (Wildman–Crippen LogP) is 4.56. The summed E-state index contributed by atoms with van der Waals surface area (Å²) in [6.45, 7) is 5.94. The number of thiocarbonyl (C=S) groups is 1. The molecule has 0 amide bonds. The van der Waals surface area contributed by atoms with Crippen LogP contribution >= 0.6 is 12.2 Å². The summed E-state index contributed by atoms with van der Waals surface area (Å²) in [6.07, 6.45) is 0. The average Bonchev–Trinajstić information content (AvgIpc) is 2.38. The Kier molecular flexibility index (Phi) is 4.35. The van der Waals surface area contributed by atoms with Gasteiger partial charge in [0.05, 0.1) is 0 Å². The van der Waals surface area contributed by atoms with Gasteiger partial charge in [0, 0.05) is 11.4 Å². The van der Waals surface area contributed by atoms with E-state index >= 15 is 0 Å². The molecule has 2 N–H and O–H groups in total. The molecule has 4 heteroatoms. The SMILES string of the molecule is Cc1cc(F)ccc1NC(=S)Nc1cccc(C)c1C. The number of hydrogen-bond donors (Lipinski definition) is 2. The van der Waals surface area contributed by atoms with Crippen LogP contribution in [0.4, 0.5) is 15.8 Å². The lowest BCUT2D eigenvalue weighted by atomic mass is 10.1. The molecular formula is C16H17FN2S. The molecule has 0 unspecified atom stereocenters. The standard InChI is InChI=1S/C16H17FN2S/c1-10-5-4-6-15(12(10)3)19-16(20)18-14-8-7-13(17)9-11(14)2/h4-9H,1-3H3,(H2,18,19,20). The Morgan fingerprint density at radius 1 is 0.950 bits per heavy atom. The first kappa shape index (κ1) is 14.5. The molecule has 104 valence electrons.